The number of likely N-dealkylation sites (tertiary alicyclic amines) is 1. The lowest BCUT2D eigenvalue weighted by atomic mass is 9.51. The number of rotatable bonds is 7. The monoisotopic (exact) mass is 542 g/mol. The predicted octanol–water partition coefficient (Wildman–Crippen LogP) is 3.70. The maximum atomic E-state index is 14.4. The molecule has 6 unspecified atom stereocenters. The number of carbonyl (C=O) groups excluding carboxylic acids is 4. The van der Waals surface area contributed by atoms with E-state index in [1.165, 1.54) is 9.80 Å². The van der Waals surface area contributed by atoms with E-state index in [9.17, 15) is 24.3 Å². The summed E-state index contributed by atoms with van der Waals surface area (Å²) in [7, 11) is 0. The van der Waals surface area contributed by atoms with Gasteiger partial charge in [-0.25, -0.2) is 4.90 Å². The number of anilines is 1. The molecule has 2 saturated heterocycles. The molecule has 6 atom stereocenters. The van der Waals surface area contributed by atoms with Crippen LogP contribution >= 0.6 is 0 Å². The molecule has 2 heterocycles. The van der Waals surface area contributed by atoms with Crippen LogP contribution in [-0.4, -0.2) is 53.4 Å². The van der Waals surface area contributed by atoms with Gasteiger partial charge in [-0.05, 0) is 50.3 Å². The van der Waals surface area contributed by atoms with Crippen LogP contribution in [0.3, 0.4) is 0 Å². The van der Waals surface area contributed by atoms with Gasteiger partial charge in [0.2, 0.25) is 23.6 Å². The smallest absolute Gasteiger partial charge is 0.241 e. The number of imide groups is 2. The number of benzene rings is 2. The zero-order valence-corrected chi connectivity index (χ0v) is 22.8. The average Bonchev–Trinajstić information content (AvgIpc) is 3.32. The molecule has 0 aromatic heterocycles. The van der Waals surface area contributed by atoms with Crippen LogP contribution in [0.25, 0.3) is 0 Å². The summed E-state index contributed by atoms with van der Waals surface area (Å²) < 4.78 is 5.94. The first-order chi connectivity index (χ1) is 19.3. The number of nitrogens with zero attached hydrogens (tertiary/aromatic N) is 2. The fourth-order valence-electron chi connectivity index (χ4n) is 7.70. The Hall–Kier alpha value is -3.78. The number of carbonyl (C=O) groups is 4. The number of hydrogen-bond donors (Lipinski definition) is 1. The van der Waals surface area contributed by atoms with Crippen LogP contribution in [0.2, 0.25) is 0 Å². The van der Waals surface area contributed by atoms with Gasteiger partial charge in [0.25, 0.3) is 0 Å². The number of amides is 4. The summed E-state index contributed by atoms with van der Waals surface area (Å²) in [6, 6.07) is 16.4. The second-order valence-corrected chi connectivity index (χ2v) is 11.4. The van der Waals surface area contributed by atoms with Crippen molar-refractivity contribution in [2.75, 3.05) is 24.7 Å². The van der Waals surface area contributed by atoms with E-state index in [0.29, 0.717) is 37.2 Å². The Morgan fingerprint density at radius 2 is 1.68 bits per heavy atom. The highest BCUT2D eigenvalue weighted by Crippen LogP contribution is 2.64. The van der Waals surface area contributed by atoms with Gasteiger partial charge in [0.1, 0.15) is 12.4 Å². The molecule has 0 radical (unpaired) electrons. The minimum absolute atomic E-state index is 0.0824. The molecule has 8 heteroatoms. The Balaban J connectivity index is 1.52. The fourth-order valence-corrected chi connectivity index (χ4v) is 7.70. The molecule has 1 saturated carbocycles. The SMILES string of the molecule is CCCN1C(=O)C2CC=C3C(CC4C(=O)N(c5ccccc5)C(=O)C4(C)C3c3ccccc3OCCO)C2C1=O. The quantitative estimate of drug-likeness (QED) is 0.423. The van der Waals surface area contributed by atoms with Gasteiger partial charge in [0.05, 0.1) is 35.5 Å². The van der Waals surface area contributed by atoms with Crippen LogP contribution < -0.4 is 9.64 Å². The molecule has 0 spiro atoms. The molecule has 0 bridgehead atoms. The lowest BCUT2D eigenvalue weighted by Gasteiger charge is -2.49. The molecule has 8 nitrogen and oxygen atoms in total. The maximum Gasteiger partial charge on any atom is 0.241 e. The van der Waals surface area contributed by atoms with E-state index < -0.39 is 29.1 Å². The van der Waals surface area contributed by atoms with Gasteiger partial charge >= 0.3 is 0 Å². The third-order valence-corrected chi connectivity index (χ3v) is 9.41. The van der Waals surface area contributed by atoms with Crippen LogP contribution in [-0.2, 0) is 19.2 Å². The highest BCUT2D eigenvalue weighted by atomic mass is 16.5. The second kappa shape index (κ2) is 10.0. The molecule has 4 amide bonds. The van der Waals surface area contributed by atoms with Crippen molar-refractivity contribution >= 4 is 29.3 Å². The van der Waals surface area contributed by atoms with Crippen LogP contribution in [0, 0.1) is 29.1 Å². The first-order valence-electron chi connectivity index (χ1n) is 14.2. The first kappa shape index (κ1) is 26.4. The summed E-state index contributed by atoms with van der Waals surface area (Å²) in [5, 5.41) is 9.46. The van der Waals surface area contributed by atoms with Crippen molar-refractivity contribution < 1.29 is 29.0 Å². The van der Waals surface area contributed by atoms with Crippen molar-refractivity contribution in [1.29, 1.82) is 0 Å². The van der Waals surface area contributed by atoms with Gasteiger partial charge in [0, 0.05) is 18.0 Å². The fraction of sp³-hybridized carbons (Fsp3) is 0.438. The number of ether oxygens (including phenoxy) is 1. The number of aliphatic hydroxyl groups is 1. The van der Waals surface area contributed by atoms with E-state index in [1.54, 1.807) is 24.3 Å². The van der Waals surface area contributed by atoms with Crippen molar-refractivity contribution in [2.24, 2.45) is 29.1 Å². The predicted molar refractivity (Wildman–Crippen MR) is 147 cm³/mol. The minimum Gasteiger partial charge on any atom is -0.491 e. The Labute approximate surface area is 233 Å². The molecule has 2 aliphatic carbocycles. The highest BCUT2D eigenvalue weighted by Gasteiger charge is 2.67. The van der Waals surface area contributed by atoms with Gasteiger partial charge in [0.15, 0.2) is 0 Å². The van der Waals surface area contributed by atoms with E-state index in [2.05, 4.69) is 0 Å². The van der Waals surface area contributed by atoms with E-state index in [4.69, 9.17) is 4.74 Å². The Bertz CT molecular complexity index is 1400. The van der Waals surface area contributed by atoms with Crippen LogP contribution in [0.15, 0.2) is 66.2 Å². The molecule has 208 valence electrons. The van der Waals surface area contributed by atoms with Gasteiger partial charge in [-0.3, -0.25) is 24.1 Å². The summed E-state index contributed by atoms with van der Waals surface area (Å²) in [6.45, 7) is 4.10. The summed E-state index contributed by atoms with van der Waals surface area (Å²) in [4.78, 5) is 58.2. The maximum absolute atomic E-state index is 14.4. The standard InChI is InChI=1S/C32H34N2O6/c1-3-15-33-28(36)22-14-13-20-23(26(22)30(33)38)18-24-29(37)34(19-9-5-4-6-10-19)31(39)32(24,2)27(20)21-11-7-8-12-25(21)40-17-16-35/h4-13,22-24,26-27,35H,3,14-18H2,1-2H3. The zero-order chi connectivity index (χ0) is 28.2. The molecule has 2 aliphatic heterocycles. The Kier molecular flexibility index (Phi) is 6.61. The van der Waals surface area contributed by atoms with Crippen molar-refractivity contribution in [2.45, 2.75) is 39.0 Å². The van der Waals surface area contributed by atoms with Crippen LogP contribution in [0.4, 0.5) is 5.69 Å². The average molecular weight is 543 g/mol. The van der Waals surface area contributed by atoms with Gasteiger partial charge in [-0.1, -0.05) is 55.0 Å². The lowest BCUT2D eigenvalue weighted by molar-refractivity contribution is -0.140. The van der Waals surface area contributed by atoms with E-state index in [1.807, 2.05) is 50.3 Å². The molecule has 1 N–H and O–H groups in total. The van der Waals surface area contributed by atoms with Gasteiger partial charge in [-0.15, -0.1) is 0 Å². The zero-order valence-electron chi connectivity index (χ0n) is 22.8. The third kappa shape index (κ3) is 3.69. The molecule has 6 rings (SSSR count). The van der Waals surface area contributed by atoms with Crippen molar-refractivity contribution in [3.05, 3.63) is 71.8 Å². The summed E-state index contributed by atoms with van der Waals surface area (Å²) in [6.07, 6.45) is 3.47. The molecule has 2 aromatic rings. The first-order valence-corrected chi connectivity index (χ1v) is 14.2. The van der Waals surface area contributed by atoms with E-state index in [-0.39, 0.29) is 42.8 Å². The number of para-hydroxylation sites is 2. The summed E-state index contributed by atoms with van der Waals surface area (Å²) in [5.74, 6) is -2.90. The van der Waals surface area contributed by atoms with Gasteiger partial charge < -0.3 is 9.84 Å². The Morgan fingerprint density at radius 1 is 0.950 bits per heavy atom. The molecular formula is C32H34N2O6. The minimum atomic E-state index is -1.13. The molecular weight excluding hydrogens is 508 g/mol. The largest absolute Gasteiger partial charge is 0.491 e. The normalized spacial score (nSPS) is 31.2. The number of hydrogen-bond acceptors (Lipinski definition) is 6. The number of aliphatic hydroxyl groups excluding tert-OH is 1. The highest BCUT2D eigenvalue weighted by molar-refractivity contribution is 6.24. The van der Waals surface area contributed by atoms with Crippen molar-refractivity contribution in [3.63, 3.8) is 0 Å². The molecule has 40 heavy (non-hydrogen) atoms. The van der Waals surface area contributed by atoms with Gasteiger partial charge in [-0.2, -0.15) is 0 Å². The number of fused-ring (bicyclic) bond motifs is 4. The third-order valence-electron chi connectivity index (χ3n) is 9.41. The summed E-state index contributed by atoms with van der Waals surface area (Å²) in [5.41, 5.74) is 1.06. The van der Waals surface area contributed by atoms with Crippen molar-refractivity contribution in [1.82, 2.24) is 4.90 Å². The van der Waals surface area contributed by atoms with Crippen molar-refractivity contribution in [3.8, 4) is 5.75 Å². The van der Waals surface area contributed by atoms with E-state index >= 15 is 0 Å². The van der Waals surface area contributed by atoms with Crippen LogP contribution in [0.5, 0.6) is 5.75 Å². The number of allylic oxidation sites excluding steroid dienone is 2. The topological polar surface area (TPSA) is 104 Å². The molecule has 2 aromatic carbocycles. The molecule has 3 fully saturated rings. The van der Waals surface area contributed by atoms with Crippen LogP contribution in [0.1, 0.15) is 44.6 Å². The lowest BCUT2D eigenvalue weighted by Crippen LogP contribution is -2.49. The summed E-state index contributed by atoms with van der Waals surface area (Å²) >= 11 is 0. The Morgan fingerprint density at radius 3 is 2.40 bits per heavy atom. The van der Waals surface area contributed by atoms with E-state index in [0.717, 1.165) is 11.1 Å². The molecule has 4 aliphatic rings. The second-order valence-electron chi connectivity index (χ2n) is 11.4.